The topological polar surface area (TPSA) is 86.4 Å². The SMILES string of the molecule is COc1ccc(N2CCN([C@H](c3cccs3)[C@H](C)NC(=O)C(=O)NCCN3CCOCC3)CC2)cc1. The highest BCUT2D eigenvalue weighted by Crippen LogP contribution is 2.30. The second-order valence-corrected chi connectivity index (χ2v) is 10.1. The molecule has 3 heterocycles. The van der Waals surface area contributed by atoms with E-state index in [-0.39, 0.29) is 12.1 Å². The van der Waals surface area contributed by atoms with Gasteiger partial charge in [0.2, 0.25) is 0 Å². The highest BCUT2D eigenvalue weighted by atomic mass is 32.1. The van der Waals surface area contributed by atoms with Crippen LogP contribution in [0.3, 0.4) is 0 Å². The van der Waals surface area contributed by atoms with Gasteiger partial charge in [-0.1, -0.05) is 6.07 Å². The van der Waals surface area contributed by atoms with Crippen LogP contribution in [-0.4, -0.2) is 100 Å². The summed E-state index contributed by atoms with van der Waals surface area (Å²) in [6.07, 6.45) is 0. The molecule has 196 valence electrons. The minimum absolute atomic E-state index is 0.00752. The quantitative estimate of drug-likeness (QED) is 0.491. The third-order valence-corrected chi connectivity index (χ3v) is 7.78. The fourth-order valence-electron chi connectivity index (χ4n) is 4.84. The number of hydrogen-bond donors (Lipinski definition) is 2. The Kier molecular flexibility index (Phi) is 9.57. The minimum Gasteiger partial charge on any atom is -0.497 e. The summed E-state index contributed by atoms with van der Waals surface area (Å²) in [6.45, 7) is 9.78. The maximum atomic E-state index is 12.7. The van der Waals surface area contributed by atoms with Gasteiger partial charge in [-0.2, -0.15) is 0 Å². The van der Waals surface area contributed by atoms with E-state index >= 15 is 0 Å². The van der Waals surface area contributed by atoms with Crippen LogP contribution >= 0.6 is 11.3 Å². The maximum Gasteiger partial charge on any atom is 0.309 e. The van der Waals surface area contributed by atoms with Gasteiger partial charge < -0.3 is 25.0 Å². The van der Waals surface area contributed by atoms with E-state index in [1.165, 1.54) is 10.6 Å². The lowest BCUT2D eigenvalue weighted by Gasteiger charge is -2.42. The summed E-state index contributed by atoms with van der Waals surface area (Å²) in [4.78, 5) is 33.3. The number of nitrogens with zero attached hydrogens (tertiary/aromatic N) is 3. The van der Waals surface area contributed by atoms with Crippen LogP contribution in [0.2, 0.25) is 0 Å². The van der Waals surface area contributed by atoms with Crippen LogP contribution in [0.5, 0.6) is 5.75 Å². The van der Waals surface area contributed by atoms with E-state index in [0.29, 0.717) is 26.3 Å². The monoisotopic (exact) mass is 515 g/mol. The second kappa shape index (κ2) is 13.0. The Hall–Kier alpha value is -2.66. The van der Waals surface area contributed by atoms with E-state index < -0.39 is 11.8 Å². The van der Waals surface area contributed by atoms with Crippen molar-refractivity contribution in [2.24, 2.45) is 0 Å². The van der Waals surface area contributed by atoms with Gasteiger partial charge in [-0.05, 0) is 42.6 Å². The van der Waals surface area contributed by atoms with Crippen LogP contribution in [-0.2, 0) is 14.3 Å². The van der Waals surface area contributed by atoms with Crippen LogP contribution in [0.25, 0.3) is 0 Å². The standard InChI is InChI=1S/C26H37N5O4S/c1-20(28-26(33)25(32)27-9-10-29-15-17-35-18-16-29)24(23-4-3-19-36-23)31-13-11-30(12-14-31)21-5-7-22(34-2)8-6-21/h3-8,19-20,24H,9-18H2,1-2H3,(H,27,32)(H,28,33)/t20-,24-/m0/s1. The molecular formula is C26H37N5O4S. The van der Waals surface area contributed by atoms with Gasteiger partial charge in [0.05, 0.1) is 26.4 Å². The summed E-state index contributed by atoms with van der Waals surface area (Å²) < 4.78 is 10.6. The largest absolute Gasteiger partial charge is 0.497 e. The molecule has 10 heteroatoms. The van der Waals surface area contributed by atoms with Gasteiger partial charge in [-0.15, -0.1) is 11.3 Å². The second-order valence-electron chi connectivity index (χ2n) is 9.15. The van der Waals surface area contributed by atoms with Crippen molar-refractivity contribution in [2.45, 2.75) is 19.0 Å². The molecule has 4 rings (SSSR count). The summed E-state index contributed by atoms with van der Waals surface area (Å²) in [5, 5.41) is 7.78. The molecule has 2 fully saturated rings. The Morgan fingerprint density at radius 1 is 1.03 bits per heavy atom. The van der Waals surface area contributed by atoms with Crippen molar-refractivity contribution in [3.05, 3.63) is 46.7 Å². The van der Waals surface area contributed by atoms with Gasteiger partial charge in [-0.25, -0.2) is 0 Å². The van der Waals surface area contributed by atoms with Crippen molar-refractivity contribution in [1.29, 1.82) is 0 Å². The Labute approximate surface area is 217 Å². The minimum atomic E-state index is -0.581. The van der Waals surface area contributed by atoms with E-state index in [1.807, 2.05) is 25.1 Å². The Balaban J connectivity index is 1.30. The summed E-state index contributed by atoms with van der Waals surface area (Å²) in [5.41, 5.74) is 1.18. The molecule has 36 heavy (non-hydrogen) atoms. The molecule has 0 aliphatic carbocycles. The summed E-state index contributed by atoms with van der Waals surface area (Å²) in [5.74, 6) is -0.308. The zero-order valence-electron chi connectivity index (χ0n) is 21.2. The smallest absolute Gasteiger partial charge is 0.309 e. The molecule has 1 aromatic carbocycles. The number of morpholine rings is 1. The van der Waals surface area contributed by atoms with E-state index in [2.05, 4.69) is 48.9 Å². The van der Waals surface area contributed by atoms with Gasteiger partial charge >= 0.3 is 11.8 Å². The molecule has 2 atom stereocenters. The van der Waals surface area contributed by atoms with Crippen LogP contribution in [0.1, 0.15) is 17.8 Å². The normalized spacial score (nSPS) is 18.9. The predicted molar refractivity (Wildman–Crippen MR) is 142 cm³/mol. The third kappa shape index (κ3) is 6.97. The molecule has 2 aliphatic heterocycles. The van der Waals surface area contributed by atoms with E-state index in [0.717, 1.165) is 45.0 Å². The van der Waals surface area contributed by atoms with Crippen molar-refractivity contribution >= 4 is 28.8 Å². The first kappa shape index (κ1) is 26.4. The summed E-state index contributed by atoms with van der Waals surface area (Å²) in [6, 6.07) is 12.1. The first-order valence-electron chi connectivity index (χ1n) is 12.6. The van der Waals surface area contributed by atoms with Crippen molar-refractivity contribution in [1.82, 2.24) is 20.4 Å². The predicted octanol–water partition coefficient (Wildman–Crippen LogP) is 1.57. The number of benzene rings is 1. The van der Waals surface area contributed by atoms with E-state index in [9.17, 15) is 9.59 Å². The van der Waals surface area contributed by atoms with Crippen molar-refractivity contribution in [3.63, 3.8) is 0 Å². The number of nitrogens with one attached hydrogen (secondary N) is 2. The van der Waals surface area contributed by atoms with Crippen LogP contribution < -0.4 is 20.3 Å². The van der Waals surface area contributed by atoms with Gasteiger partial charge in [0.1, 0.15) is 5.75 Å². The zero-order valence-corrected chi connectivity index (χ0v) is 22.0. The number of piperazine rings is 1. The average molecular weight is 516 g/mol. The van der Waals surface area contributed by atoms with Crippen LogP contribution in [0, 0.1) is 0 Å². The highest BCUT2D eigenvalue weighted by Gasteiger charge is 2.32. The van der Waals surface area contributed by atoms with Gasteiger partial charge in [0, 0.05) is 69.0 Å². The maximum absolute atomic E-state index is 12.7. The summed E-state index contributed by atoms with van der Waals surface area (Å²) >= 11 is 1.68. The Bertz CT molecular complexity index is 957. The summed E-state index contributed by atoms with van der Waals surface area (Å²) in [7, 11) is 1.67. The number of carbonyl (C=O) groups excluding carboxylic acids is 2. The molecule has 2 N–H and O–H groups in total. The first-order valence-corrected chi connectivity index (χ1v) is 13.5. The van der Waals surface area contributed by atoms with Gasteiger partial charge in [0.25, 0.3) is 0 Å². The Morgan fingerprint density at radius 3 is 2.39 bits per heavy atom. The van der Waals surface area contributed by atoms with Crippen molar-refractivity contribution in [2.75, 3.05) is 77.6 Å². The first-order chi connectivity index (χ1) is 17.5. The fraction of sp³-hybridized carbons (Fsp3) is 0.538. The molecule has 2 aromatic rings. The van der Waals surface area contributed by atoms with E-state index in [4.69, 9.17) is 9.47 Å². The molecule has 0 radical (unpaired) electrons. The van der Waals surface area contributed by atoms with Crippen LogP contribution in [0.4, 0.5) is 5.69 Å². The zero-order chi connectivity index (χ0) is 25.3. The lowest BCUT2D eigenvalue weighted by molar-refractivity contribution is -0.139. The Morgan fingerprint density at radius 2 is 1.75 bits per heavy atom. The molecule has 2 amide bonds. The lowest BCUT2D eigenvalue weighted by Crippen LogP contribution is -2.54. The van der Waals surface area contributed by atoms with Crippen molar-refractivity contribution < 1.29 is 19.1 Å². The lowest BCUT2D eigenvalue weighted by atomic mass is 10.0. The molecule has 0 bridgehead atoms. The number of amides is 2. The highest BCUT2D eigenvalue weighted by molar-refractivity contribution is 7.10. The molecular weight excluding hydrogens is 478 g/mol. The molecule has 2 aliphatic rings. The molecule has 0 spiro atoms. The number of methoxy groups -OCH3 is 1. The number of thiophene rings is 1. The number of hydrogen-bond acceptors (Lipinski definition) is 8. The fourth-order valence-corrected chi connectivity index (χ4v) is 5.80. The third-order valence-electron chi connectivity index (χ3n) is 6.84. The van der Waals surface area contributed by atoms with Crippen LogP contribution in [0.15, 0.2) is 41.8 Å². The number of anilines is 1. The van der Waals surface area contributed by atoms with E-state index in [1.54, 1.807) is 18.4 Å². The molecule has 0 unspecified atom stereocenters. The van der Waals surface area contributed by atoms with Crippen molar-refractivity contribution in [3.8, 4) is 5.75 Å². The molecule has 2 saturated heterocycles. The number of carbonyl (C=O) groups is 2. The molecule has 1 aromatic heterocycles. The van der Waals surface area contributed by atoms with Gasteiger partial charge in [0.15, 0.2) is 0 Å². The molecule has 0 saturated carbocycles. The number of rotatable bonds is 9. The average Bonchev–Trinajstić information content (AvgIpc) is 3.44. The molecule has 9 nitrogen and oxygen atoms in total. The number of ether oxygens (including phenoxy) is 2. The van der Waals surface area contributed by atoms with Gasteiger partial charge in [-0.3, -0.25) is 19.4 Å².